The molecular formula is C21H21N. The lowest BCUT2D eigenvalue weighted by Gasteiger charge is -2.03. The van der Waals surface area contributed by atoms with Gasteiger partial charge in [-0.2, -0.15) is 5.26 Å². The predicted octanol–water partition coefficient (Wildman–Crippen LogP) is 4.86. The molecule has 2 aromatic rings. The maximum Gasteiger partial charge on any atom is 0.0994 e. The Morgan fingerprint density at radius 2 is 1.59 bits per heavy atom. The van der Waals surface area contributed by atoms with Crippen LogP contribution in [0.2, 0.25) is 0 Å². The Morgan fingerprint density at radius 1 is 0.909 bits per heavy atom. The van der Waals surface area contributed by atoms with Gasteiger partial charge in [-0.15, -0.1) is 0 Å². The van der Waals surface area contributed by atoms with Crippen LogP contribution in [-0.4, -0.2) is 0 Å². The summed E-state index contributed by atoms with van der Waals surface area (Å²) in [5.74, 6) is 6.32. The average Bonchev–Trinajstić information content (AvgIpc) is 2.58. The first-order valence-electron chi connectivity index (χ1n) is 7.90. The quantitative estimate of drug-likeness (QED) is 0.736. The summed E-state index contributed by atoms with van der Waals surface area (Å²) in [4.78, 5) is 0. The third-order valence-corrected chi connectivity index (χ3v) is 3.74. The van der Waals surface area contributed by atoms with E-state index in [1.807, 2.05) is 30.3 Å². The summed E-state index contributed by atoms with van der Waals surface area (Å²) >= 11 is 0. The lowest BCUT2D eigenvalue weighted by Crippen LogP contribution is -1.91. The third kappa shape index (κ3) is 4.24. The number of rotatable bonds is 4. The minimum Gasteiger partial charge on any atom is -0.192 e. The Morgan fingerprint density at radius 3 is 2.23 bits per heavy atom. The van der Waals surface area contributed by atoms with Gasteiger partial charge in [0.2, 0.25) is 0 Å². The van der Waals surface area contributed by atoms with Gasteiger partial charge in [-0.25, -0.2) is 0 Å². The minimum atomic E-state index is 0.751. The van der Waals surface area contributed by atoms with E-state index in [0.29, 0.717) is 0 Å². The number of benzene rings is 2. The largest absolute Gasteiger partial charge is 0.192 e. The zero-order valence-electron chi connectivity index (χ0n) is 13.3. The number of nitrogens with zero attached hydrogens (tertiary/aromatic N) is 1. The molecule has 0 aliphatic carbocycles. The van der Waals surface area contributed by atoms with Crippen molar-refractivity contribution in [3.63, 3.8) is 0 Å². The molecular weight excluding hydrogens is 266 g/mol. The lowest BCUT2D eigenvalue weighted by atomic mass is 10.00. The zero-order chi connectivity index (χ0) is 15.8. The van der Waals surface area contributed by atoms with Crippen molar-refractivity contribution in [2.24, 2.45) is 0 Å². The summed E-state index contributed by atoms with van der Waals surface area (Å²) in [7, 11) is 0. The molecule has 22 heavy (non-hydrogen) atoms. The molecule has 0 amide bonds. The second-order valence-electron chi connectivity index (χ2n) is 5.39. The van der Waals surface area contributed by atoms with Gasteiger partial charge in [0.05, 0.1) is 11.6 Å². The van der Waals surface area contributed by atoms with Crippen molar-refractivity contribution in [2.75, 3.05) is 0 Å². The lowest BCUT2D eigenvalue weighted by molar-refractivity contribution is 0.793. The summed E-state index contributed by atoms with van der Waals surface area (Å²) < 4.78 is 0. The normalized spacial score (nSPS) is 9.68. The molecule has 1 heteroatoms. The van der Waals surface area contributed by atoms with E-state index in [9.17, 15) is 5.26 Å². The van der Waals surface area contributed by atoms with E-state index in [2.05, 4.69) is 43.9 Å². The molecule has 0 spiro atoms. The van der Waals surface area contributed by atoms with Gasteiger partial charge >= 0.3 is 0 Å². The molecule has 0 heterocycles. The van der Waals surface area contributed by atoms with Crippen LogP contribution in [0.25, 0.3) is 0 Å². The van der Waals surface area contributed by atoms with E-state index in [4.69, 9.17) is 0 Å². The Hall–Kier alpha value is -2.51. The Balaban J connectivity index is 2.19. The second-order valence-corrected chi connectivity index (χ2v) is 5.39. The van der Waals surface area contributed by atoms with Crippen molar-refractivity contribution in [2.45, 2.75) is 39.5 Å². The van der Waals surface area contributed by atoms with Crippen LogP contribution in [0.1, 0.15) is 54.5 Å². The Labute approximate surface area is 133 Å². The van der Waals surface area contributed by atoms with Gasteiger partial charge in [0, 0.05) is 11.1 Å². The van der Waals surface area contributed by atoms with Crippen LogP contribution in [0.5, 0.6) is 0 Å². The molecule has 0 saturated heterocycles. The first-order valence-corrected chi connectivity index (χ1v) is 7.90. The van der Waals surface area contributed by atoms with E-state index in [0.717, 1.165) is 47.9 Å². The molecule has 110 valence electrons. The number of hydrogen-bond donors (Lipinski definition) is 0. The molecule has 0 bridgehead atoms. The predicted molar refractivity (Wildman–Crippen MR) is 91.6 cm³/mol. The second kappa shape index (κ2) is 8.06. The SMILES string of the molecule is CCCCc1ccc(C#Cc2ccc(CC)cc2)cc1C#N. The topological polar surface area (TPSA) is 23.8 Å². The number of nitriles is 1. The van der Waals surface area contributed by atoms with E-state index in [-0.39, 0.29) is 0 Å². The first kappa shape index (κ1) is 15.9. The van der Waals surface area contributed by atoms with Crippen LogP contribution < -0.4 is 0 Å². The molecule has 0 unspecified atom stereocenters. The molecule has 0 saturated carbocycles. The molecule has 0 aliphatic heterocycles. The van der Waals surface area contributed by atoms with Crippen molar-refractivity contribution in [1.82, 2.24) is 0 Å². The van der Waals surface area contributed by atoms with Crippen molar-refractivity contribution in [1.29, 1.82) is 5.26 Å². The van der Waals surface area contributed by atoms with Gasteiger partial charge in [-0.3, -0.25) is 0 Å². The monoisotopic (exact) mass is 287 g/mol. The molecule has 0 N–H and O–H groups in total. The fourth-order valence-corrected chi connectivity index (χ4v) is 2.31. The van der Waals surface area contributed by atoms with E-state index in [1.54, 1.807) is 0 Å². The standard InChI is InChI=1S/C21H21N/c1-3-5-6-20-14-13-19(15-21(20)16-22)12-11-18-9-7-17(4-2)8-10-18/h7-10,13-15H,3-6H2,1-2H3. The summed E-state index contributed by atoms with van der Waals surface area (Å²) in [5, 5.41) is 9.29. The fraction of sp³-hybridized carbons (Fsp3) is 0.286. The summed E-state index contributed by atoms with van der Waals surface area (Å²) in [6.45, 7) is 4.31. The van der Waals surface area contributed by atoms with Crippen LogP contribution in [0.3, 0.4) is 0 Å². The van der Waals surface area contributed by atoms with Crippen LogP contribution in [-0.2, 0) is 12.8 Å². The highest BCUT2D eigenvalue weighted by Gasteiger charge is 2.02. The van der Waals surface area contributed by atoms with Crippen molar-refractivity contribution >= 4 is 0 Å². The highest BCUT2D eigenvalue weighted by atomic mass is 14.2. The van der Waals surface area contributed by atoms with Gasteiger partial charge in [-0.1, -0.05) is 50.3 Å². The molecule has 0 aromatic heterocycles. The average molecular weight is 287 g/mol. The summed E-state index contributed by atoms with van der Waals surface area (Å²) in [6.07, 6.45) is 4.26. The molecule has 0 radical (unpaired) electrons. The molecule has 0 aliphatic rings. The minimum absolute atomic E-state index is 0.751. The molecule has 0 atom stereocenters. The maximum absolute atomic E-state index is 9.29. The maximum atomic E-state index is 9.29. The highest BCUT2D eigenvalue weighted by Crippen LogP contribution is 2.14. The fourth-order valence-electron chi connectivity index (χ4n) is 2.31. The van der Waals surface area contributed by atoms with Gasteiger partial charge in [0.15, 0.2) is 0 Å². The summed E-state index contributed by atoms with van der Waals surface area (Å²) in [5.41, 5.74) is 5.10. The Kier molecular flexibility index (Phi) is 5.81. The summed E-state index contributed by atoms with van der Waals surface area (Å²) in [6, 6.07) is 16.6. The van der Waals surface area contributed by atoms with Gasteiger partial charge in [-0.05, 0) is 54.7 Å². The van der Waals surface area contributed by atoms with Gasteiger partial charge in [0.25, 0.3) is 0 Å². The van der Waals surface area contributed by atoms with Crippen molar-refractivity contribution in [3.05, 3.63) is 70.3 Å². The number of aryl methyl sites for hydroxylation is 2. The van der Waals surface area contributed by atoms with Crippen molar-refractivity contribution in [3.8, 4) is 17.9 Å². The van der Waals surface area contributed by atoms with Crippen LogP contribution in [0.4, 0.5) is 0 Å². The number of unbranched alkanes of at least 4 members (excludes halogenated alkanes) is 1. The molecule has 1 nitrogen and oxygen atoms in total. The zero-order valence-corrected chi connectivity index (χ0v) is 13.3. The smallest absolute Gasteiger partial charge is 0.0994 e. The molecule has 0 fully saturated rings. The van der Waals surface area contributed by atoms with E-state index < -0.39 is 0 Å². The van der Waals surface area contributed by atoms with Crippen LogP contribution in [0.15, 0.2) is 42.5 Å². The van der Waals surface area contributed by atoms with E-state index >= 15 is 0 Å². The van der Waals surface area contributed by atoms with Gasteiger partial charge < -0.3 is 0 Å². The molecule has 2 aromatic carbocycles. The van der Waals surface area contributed by atoms with Crippen molar-refractivity contribution < 1.29 is 0 Å². The van der Waals surface area contributed by atoms with Gasteiger partial charge in [0.1, 0.15) is 0 Å². The Bertz CT molecular complexity index is 721. The number of hydrogen-bond acceptors (Lipinski definition) is 1. The van der Waals surface area contributed by atoms with Crippen LogP contribution in [0, 0.1) is 23.2 Å². The first-order chi connectivity index (χ1) is 10.8. The third-order valence-electron chi connectivity index (χ3n) is 3.74. The molecule has 2 rings (SSSR count). The van der Waals surface area contributed by atoms with Crippen LogP contribution >= 0.6 is 0 Å². The van der Waals surface area contributed by atoms with E-state index in [1.165, 1.54) is 5.56 Å². The highest BCUT2D eigenvalue weighted by molar-refractivity contribution is 5.49.